The number of esters is 1. The van der Waals surface area contributed by atoms with Crippen molar-refractivity contribution in [1.82, 2.24) is 4.98 Å². The van der Waals surface area contributed by atoms with Crippen LogP contribution in [0.25, 0.3) is 5.57 Å². The minimum absolute atomic E-state index is 0.0206. The quantitative estimate of drug-likeness (QED) is 0.859. The monoisotopic (exact) mass is 290 g/mol. The van der Waals surface area contributed by atoms with Gasteiger partial charge in [0.2, 0.25) is 0 Å². The Bertz CT molecular complexity index is 466. The highest BCUT2D eigenvalue weighted by Crippen LogP contribution is 2.24. The number of carbonyl (C=O) groups excluding carboxylic acids is 1. The predicted molar refractivity (Wildman–Crippen MR) is 86.6 cm³/mol. The molecule has 0 saturated heterocycles. The largest absolute Gasteiger partial charge is 0.466 e. The summed E-state index contributed by atoms with van der Waals surface area (Å²) in [7, 11) is 0. The van der Waals surface area contributed by atoms with Gasteiger partial charge in [-0.1, -0.05) is 25.8 Å². The first-order chi connectivity index (χ1) is 10.1. The maximum atomic E-state index is 11.2. The highest BCUT2D eigenvalue weighted by atomic mass is 16.5. The second-order valence-corrected chi connectivity index (χ2v) is 5.30. The summed E-state index contributed by atoms with van der Waals surface area (Å²) in [6.07, 6.45) is 7.43. The maximum absolute atomic E-state index is 11.2. The van der Waals surface area contributed by atoms with Gasteiger partial charge in [0.25, 0.3) is 0 Å². The SMILES string of the molecule is C=C(C)c1cccnc1N.CCOC(=O)C1CCCCC1. The lowest BCUT2D eigenvalue weighted by Gasteiger charge is -2.19. The van der Waals surface area contributed by atoms with Gasteiger partial charge < -0.3 is 10.5 Å². The van der Waals surface area contributed by atoms with Crippen molar-refractivity contribution in [1.29, 1.82) is 0 Å². The van der Waals surface area contributed by atoms with Crippen LogP contribution < -0.4 is 5.73 Å². The molecular formula is C17H26N2O2. The standard InChI is InChI=1S/C9H16O2.C8H10N2/c1-2-11-9(10)8-6-4-3-5-7-8;1-6(2)7-4-3-5-10-8(7)9/h8H,2-7H2,1H3;3-5H,1H2,2H3,(H2,9,10). The average molecular weight is 290 g/mol. The zero-order valence-electron chi connectivity index (χ0n) is 13.1. The van der Waals surface area contributed by atoms with Gasteiger partial charge in [-0.15, -0.1) is 0 Å². The highest BCUT2D eigenvalue weighted by Gasteiger charge is 2.21. The molecule has 0 aliphatic heterocycles. The third-order valence-electron chi connectivity index (χ3n) is 3.52. The fraction of sp³-hybridized carbons (Fsp3) is 0.529. The number of carbonyl (C=O) groups is 1. The first kappa shape index (κ1) is 17.2. The number of allylic oxidation sites excluding steroid dienone is 1. The van der Waals surface area contributed by atoms with Crippen LogP contribution in [0.3, 0.4) is 0 Å². The lowest BCUT2D eigenvalue weighted by molar-refractivity contribution is -0.149. The van der Waals surface area contributed by atoms with Gasteiger partial charge in [-0.25, -0.2) is 4.98 Å². The van der Waals surface area contributed by atoms with Crippen molar-refractivity contribution >= 4 is 17.4 Å². The van der Waals surface area contributed by atoms with Gasteiger partial charge in [-0.3, -0.25) is 4.79 Å². The van der Waals surface area contributed by atoms with Crippen LogP contribution in [-0.4, -0.2) is 17.6 Å². The Morgan fingerprint density at radius 3 is 2.57 bits per heavy atom. The van der Waals surface area contributed by atoms with Crippen molar-refractivity contribution in [3.63, 3.8) is 0 Å². The molecule has 0 radical (unpaired) electrons. The third kappa shape index (κ3) is 5.98. The normalized spacial score (nSPS) is 14.8. The fourth-order valence-corrected chi connectivity index (χ4v) is 2.38. The Hall–Kier alpha value is -1.84. The first-order valence-electron chi connectivity index (χ1n) is 7.59. The van der Waals surface area contributed by atoms with E-state index in [0.717, 1.165) is 24.0 Å². The molecule has 116 valence electrons. The number of anilines is 1. The Labute approximate surface area is 127 Å². The first-order valence-corrected chi connectivity index (χ1v) is 7.59. The Morgan fingerprint density at radius 2 is 2.10 bits per heavy atom. The van der Waals surface area contributed by atoms with Gasteiger partial charge in [0.05, 0.1) is 12.5 Å². The third-order valence-corrected chi connectivity index (χ3v) is 3.52. The molecule has 4 heteroatoms. The lowest BCUT2D eigenvalue weighted by atomic mass is 9.89. The van der Waals surface area contributed by atoms with Crippen molar-refractivity contribution in [2.45, 2.75) is 46.0 Å². The molecule has 0 aromatic carbocycles. The van der Waals surface area contributed by atoms with Crippen molar-refractivity contribution < 1.29 is 9.53 Å². The summed E-state index contributed by atoms with van der Waals surface area (Å²) < 4.78 is 4.94. The highest BCUT2D eigenvalue weighted by molar-refractivity contribution is 5.72. The number of nitrogens with two attached hydrogens (primary N) is 1. The van der Waals surface area contributed by atoms with E-state index >= 15 is 0 Å². The van der Waals surface area contributed by atoms with Gasteiger partial charge in [0.15, 0.2) is 0 Å². The van der Waals surface area contributed by atoms with Gasteiger partial charge in [-0.05, 0) is 44.4 Å². The van der Waals surface area contributed by atoms with Crippen LogP contribution in [0.15, 0.2) is 24.9 Å². The minimum Gasteiger partial charge on any atom is -0.466 e. The number of hydrogen-bond donors (Lipinski definition) is 1. The average Bonchev–Trinajstić information content (AvgIpc) is 2.49. The van der Waals surface area contributed by atoms with E-state index in [4.69, 9.17) is 10.5 Å². The molecule has 0 amide bonds. The molecule has 21 heavy (non-hydrogen) atoms. The number of pyridine rings is 1. The van der Waals surface area contributed by atoms with Crippen LogP contribution >= 0.6 is 0 Å². The molecule has 1 aliphatic rings. The fourth-order valence-electron chi connectivity index (χ4n) is 2.38. The molecular weight excluding hydrogens is 264 g/mol. The molecule has 1 saturated carbocycles. The van der Waals surface area contributed by atoms with Crippen molar-refractivity contribution in [3.05, 3.63) is 30.5 Å². The second kappa shape index (κ2) is 9.16. The molecule has 1 aliphatic carbocycles. The van der Waals surface area contributed by atoms with Gasteiger partial charge in [-0.2, -0.15) is 0 Å². The molecule has 1 fully saturated rings. The topological polar surface area (TPSA) is 65.2 Å². The van der Waals surface area contributed by atoms with E-state index < -0.39 is 0 Å². The Kier molecular flexibility index (Phi) is 7.51. The predicted octanol–water partition coefficient (Wildman–Crippen LogP) is 3.83. The summed E-state index contributed by atoms with van der Waals surface area (Å²) in [4.78, 5) is 15.1. The molecule has 1 heterocycles. The number of rotatable bonds is 3. The van der Waals surface area contributed by atoms with E-state index in [2.05, 4.69) is 11.6 Å². The summed E-state index contributed by atoms with van der Waals surface area (Å²) in [5, 5.41) is 0. The van der Waals surface area contributed by atoms with E-state index in [1.165, 1.54) is 19.3 Å². The van der Waals surface area contributed by atoms with E-state index in [0.29, 0.717) is 12.4 Å². The summed E-state index contributed by atoms with van der Waals surface area (Å²) in [6.45, 7) is 8.06. The van der Waals surface area contributed by atoms with Gasteiger partial charge >= 0.3 is 5.97 Å². The molecule has 0 atom stereocenters. The maximum Gasteiger partial charge on any atom is 0.308 e. The second-order valence-electron chi connectivity index (χ2n) is 5.30. The van der Waals surface area contributed by atoms with Crippen LogP contribution in [0.1, 0.15) is 51.5 Å². The molecule has 0 bridgehead atoms. The summed E-state index contributed by atoms with van der Waals surface area (Å²) in [6, 6.07) is 3.76. The molecule has 1 aromatic heterocycles. The molecule has 2 rings (SSSR count). The van der Waals surface area contributed by atoms with E-state index in [1.807, 2.05) is 26.0 Å². The van der Waals surface area contributed by atoms with Gasteiger partial charge in [0.1, 0.15) is 5.82 Å². The minimum atomic E-state index is 0.0206. The molecule has 1 aromatic rings. The lowest BCUT2D eigenvalue weighted by Crippen LogP contribution is -2.20. The number of nitrogens with zero attached hydrogens (tertiary/aromatic N) is 1. The van der Waals surface area contributed by atoms with E-state index in [9.17, 15) is 4.79 Å². The Morgan fingerprint density at radius 1 is 1.43 bits per heavy atom. The zero-order valence-corrected chi connectivity index (χ0v) is 13.1. The van der Waals surface area contributed by atoms with Crippen molar-refractivity contribution in [2.75, 3.05) is 12.3 Å². The number of nitrogen functional groups attached to an aromatic ring is 1. The van der Waals surface area contributed by atoms with Crippen LogP contribution in [0.4, 0.5) is 5.82 Å². The summed E-state index contributed by atoms with van der Waals surface area (Å²) in [5.41, 5.74) is 7.43. The van der Waals surface area contributed by atoms with E-state index in [1.54, 1.807) is 6.20 Å². The molecule has 0 spiro atoms. The van der Waals surface area contributed by atoms with E-state index in [-0.39, 0.29) is 11.9 Å². The molecule has 0 unspecified atom stereocenters. The smallest absolute Gasteiger partial charge is 0.308 e. The number of aromatic nitrogens is 1. The number of hydrogen-bond acceptors (Lipinski definition) is 4. The molecule has 2 N–H and O–H groups in total. The zero-order chi connectivity index (χ0) is 15.7. The summed E-state index contributed by atoms with van der Waals surface area (Å²) >= 11 is 0. The van der Waals surface area contributed by atoms with Crippen LogP contribution in [-0.2, 0) is 9.53 Å². The molecule has 4 nitrogen and oxygen atoms in total. The Balaban J connectivity index is 0.000000211. The van der Waals surface area contributed by atoms with Crippen LogP contribution in [0.5, 0.6) is 0 Å². The number of ether oxygens (including phenoxy) is 1. The van der Waals surface area contributed by atoms with Gasteiger partial charge in [0, 0.05) is 11.8 Å². The van der Waals surface area contributed by atoms with Crippen molar-refractivity contribution in [3.8, 4) is 0 Å². The van der Waals surface area contributed by atoms with Crippen LogP contribution in [0.2, 0.25) is 0 Å². The summed E-state index contributed by atoms with van der Waals surface area (Å²) in [5.74, 6) is 0.783. The van der Waals surface area contributed by atoms with Crippen molar-refractivity contribution in [2.24, 2.45) is 5.92 Å². The van der Waals surface area contributed by atoms with Crippen LogP contribution in [0, 0.1) is 5.92 Å².